The Kier molecular flexibility index (Phi) is 9.23. The van der Waals surface area contributed by atoms with E-state index in [1.165, 1.54) is 6.92 Å². The Balaban J connectivity index is -0.000000245. The van der Waals surface area contributed by atoms with Gasteiger partial charge in [-0.05, 0) is 19.9 Å². The molecule has 0 aromatic heterocycles. The summed E-state index contributed by atoms with van der Waals surface area (Å²) in [7, 11) is 0. The summed E-state index contributed by atoms with van der Waals surface area (Å²) in [5.74, 6) is -0.914. The Bertz CT molecular complexity index is 159. The molecule has 0 aliphatic rings. The second-order valence-corrected chi connectivity index (χ2v) is 1.36. The monoisotopic (exact) mass is 152 g/mol. The zero-order valence-electron chi connectivity index (χ0n) is 6.93. The summed E-state index contributed by atoms with van der Waals surface area (Å²) in [4.78, 5) is 9.97. The van der Waals surface area contributed by atoms with Crippen LogP contribution in [0.5, 0.6) is 0 Å². The predicted octanol–water partition coefficient (Wildman–Crippen LogP) is -1.69. The largest absolute Gasteiger partial charge is 1.00 e. The maximum absolute atomic E-state index is 9.97. The van der Waals surface area contributed by atoms with E-state index in [-0.39, 0.29) is 58.4 Å². The molecule has 0 saturated heterocycles. The van der Waals surface area contributed by atoms with Crippen molar-refractivity contribution in [3.05, 3.63) is 17.4 Å². The summed E-state index contributed by atoms with van der Waals surface area (Å²) in [5, 5.41) is 8.19. The topological polar surface area (TPSA) is 37.3 Å². The summed E-state index contributed by atoms with van der Waals surface area (Å²) >= 11 is 0. The SMILES string of the molecule is CC=C=C(C)C(=O)O.[H-].[K+]. The molecule has 0 bridgehead atoms. The Hall–Kier alpha value is 0.626. The molecule has 0 amide bonds. The van der Waals surface area contributed by atoms with Gasteiger partial charge in [-0.2, -0.15) is 0 Å². The van der Waals surface area contributed by atoms with Crippen LogP contribution in [-0.2, 0) is 4.79 Å². The maximum atomic E-state index is 9.97. The van der Waals surface area contributed by atoms with E-state index in [2.05, 4.69) is 5.73 Å². The van der Waals surface area contributed by atoms with E-state index < -0.39 is 5.97 Å². The predicted molar refractivity (Wildman–Crippen MR) is 31.7 cm³/mol. The molecule has 0 unspecified atom stereocenters. The first-order chi connectivity index (χ1) is 3.68. The first-order valence-corrected chi connectivity index (χ1v) is 2.29. The van der Waals surface area contributed by atoms with Gasteiger partial charge in [0.25, 0.3) is 0 Å². The molecule has 2 nitrogen and oxygen atoms in total. The molecule has 0 aliphatic carbocycles. The first-order valence-electron chi connectivity index (χ1n) is 2.29. The fraction of sp³-hybridized carbons (Fsp3) is 0.333. The molecule has 0 spiro atoms. The molecule has 0 aromatic carbocycles. The zero-order valence-corrected chi connectivity index (χ0v) is 9.06. The van der Waals surface area contributed by atoms with Gasteiger partial charge in [-0.1, -0.05) is 0 Å². The van der Waals surface area contributed by atoms with Crippen molar-refractivity contribution in [3.63, 3.8) is 0 Å². The number of aliphatic carboxylic acids is 1. The molecule has 0 aromatic rings. The van der Waals surface area contributed by atoms with Crippen LogP contribution in [0.4, 0.5) is 0 Å². The van der Waals surface area contributed by atoms with Crippen molar-refractivity contribution in [2.24, 2.45) is 0 Å². The van der Waals surface area contributed by atoms with Crippen LogP contribution in [0.3, 0.4) is 0 Å². The van der Waals surface area contributed by atoms with Gasteiger partial charge in [-0.15, -0.1) is 5.73 Å². The van der Waals surface area contributed by atoms with Crippen LogP contribution in [0.2, 0.25) is 0 Å². The zero-order chi connectivity index (χ0) is 6.57. The van der Waals surface area contributed by atoms with Crippen molar-refractivity contribution in [2.75, 3.05) is 0 Å². The van der Waals surface area contributed by atoms with Crippen LogP contribution in [0.25, 0.3) is 0 Å². The third kappa shape index (κ3) is 6.51. The Labute approximate surface area is 98.5 Å². The molecule has 3 heteroatoms. The molecule has 0 rings (SSSR count). The van der Waals surface area contributed by atoms with Crippen LogP contribution in [0.1, 0.15) is 15.3 Å². The van der Waals surface area contributed by atoms with Crippen LogP contribution in [-0.4, -0.2) is 11.1 Å². The van der Waals surface area contributed by atoms with Crippen molar-refractivity contribution < 1.29 is 62.7 Å². The number of carbonyl (C=O) groups is 1. The molecule has 0 radical (unpaired) electrons. The summed E-state index contributed by atoms with van der Waals surface area (Å²) in [6, 6.07) is 0. The average Bonchev–Trinajstić information content (AvgIpc) is 1.67. The van der Waals surface area contributed by atoms with Crippen molar-refractivity contribution in [1.29, 1.82) is 0 Å². The molecule has 0 saturated carbocycles. The average molecular weight is 152 g/mol. The fourth-order valence-corrected chi connectivity index (χ4v) is 0.278. The molecule has 46 valence electrons. The van der Waals surface area contributed by atoms with E-state index >= 15 is 0 Å². The van der Waals surface area contributed by atoms with Crippen LogP contribution in [0.15, 0.2) is 17.4 Å². The number of hydrogen-bond donors (Lipinski definition) is 1. The third-order valence-electron chi connectivity index (χ3n) is 0.682. The number of hydrogen-bond acceptors (Lipinski definition) is 1. The second kappa shape index (κ2) is 6.74. The van der Waals surface area contributed by atoms with Gasteiger partial charge in [0, 0.05) is 0 Å². The molecule has 0 aliphatic heterocycles. The van der Waals surface area contributed by atoms with E-state index in [0.29, 0.717) is 0 Å². The van der Waals surface area contributed by atoms with Gasteiger partial charge in [-0.25, -0.2) is 4.79 Å². The molecule has 0 atom stereocenters. The number of carboxylic acids is 1. The van der Waals surface area contributed by atoms with E-state index in [0.717, 1.165) is 0 Å². The quantitative estimate of drug-likeness (QED) is 0.276. The van der Waals surface area contributed by atoms with E-state index in [1.807, 2.05) is 0 Å². The second-order valence-electron chi connectivity index (χ2n) is 1.36. The van der Waals surface area contributed by atoms with Gasteiger partial charge in [0.2, 0.25) is 0 Å². The van der Waals surface area contributed by atoms with Gasteiger partial charge in [-0.3, -0.25) is 0 Å². The minimum absolute atomic E-state index is 0. The molecule has 0 fully saturated rings. The smallest absolute Gasteiger partial charge is 1.00 e. The van der Waals surface area contributed by atoms with Crippen molar-refractivity contribution in [2.45, 2.75) is 13.8 Å². The normalized spacial score (nSPS) is 6.44. The van der Waals surface area contributed by atoms with Crippen molar-refractivity contribution in [3.8, 4) is 0 Å². The van der Waals surface area contributed by atoms with Gasteiger partial charge in [0.05, 0.1) is 5.57 Å². The summed E-state index contributed by atoms with van der Waals surface area (Å²) < 4.78 is 0. The molecular formula is C6H9KO2. The summed E-state index contributed by atoms with van der Waals surface area (Å²) in [6.45, 7) is 3.23. The molecular weight excluding hydrogens is 143 g/mol. The van der Waals surface area contributed by atoms with E-state index in [9.17, 15) is 4.79 Å². The molecule has 1 N–H and O–H groups in total. The van der Waals surface area contributed by atoms with Gasteiger partial charge in [0.1, 0.15) is 0 Å². The Morgan fingerprint density at radius 1 is 1.78 bits per heavy atom. The van der Waals surface area contributed by atoms with Crippen molar-refractivity contribution in [1.82, 2.24) is 0 Å². The minimum atomic E-state index is -0.914. The summed E-state index contributed by atoms with van der Waals surface area (Å²) in [5.41, 5.74) is 2.78. The molecule has 9 heavy (non-hydrogen) atoms. The minimum Gasteiger partial charge on any atom is -1.00 e. The van der Waals surface area contributed by atoms with Crippen molar-refractivity contribution >= 4 is 5.97 Å². The fourth-order valence-electron chi connectivity index (χ4n) is 0.278. The number of rotatable bonds is 1. The van der Waals surface area contributed by atoms with Crippen LogP contribution >= 0.6 is 0 Å². The maximum Gasteiger partial charge on any atom is 1.00 e. The third-order valence-corrected chi connectivity index (χ3v) is 0.682. The van der Waals surface area contributed by atoms with Crippen LogP contribution < -0.4 is 51.4 Å². The Morgan fingerprint density at radius 2 is 2.22 bits per heavy atom. The molecule has 0 heterocycles. The van der Waals surface area contributed by atoms with E-state index in [4.69, 9.17) is 5.11 Å². The van der Waals surface area contributed by atoms with Gasteiger partial charge < -0.3 is 6.53 Å². The van der Waals surface area contributed by atoms with Crippen LogP contribution in [0, 0.1) is 0 Å². The van der Waals surface area contributed by atoms with Gasteiger partial charge >= 0.3 is 57.4 Å². The van der Waals surface area contributed by atoms with E-state index in [1.54, 1.807) is 13.0 Å². The summed E-state index contributed by atoms with van der Waals surface area (Å²) in [6.07, 6.45) is 1.57. The van der Waals surface area contributed by atoms with Gasteiger partial charge in [0.15, 0.2) is 0 Å². The number of carboxylic acid groups (broad SMARTS) is 1. The first kappa shape index (κ1) is 12.3. The standard InChI is InChI=1S/C6H8O2.K.H/c1-3-4-5(2)6(7)8;;/h3H,1-2H3,(H,7,8);;/q;+1;-1. The Morgan fingerprint density at radius 3 is 2.33 bits per heavy atom.